The molecule has 0 amide bonds. The van der Waals surface area contributed by atoms with Gasteiger partial charge in [0.15, 0.2) is 5.79 Å². The van der Waals surface area contributed by atoms with Crippen LogP contribution in [0.15, 0.2) is 11.6 Å². The maximum atomic E-state index is 13.2. The predicted octanol–water partition coefficient (Wildman–Crippen LogP) is 3.37. The molecule has 0 heterocycles. The van der Waals surface area contributed by atoms with Crippen LogP contribution in [0.4, 0.5) is 4.39 Å². The van der Waals surface area contributed by atoms with E-state index in [1.807, 2.05) is 6.92 Å². The quantitative estimate of drug-likeness (QED) is 0.622. The topological polar surface area (TPSA) is 38.7 Å². The summed E-state index contributed by atoms with van der Waals surface area (Å²) in [5.74, 6) is -0.301. The Morgan fingerprint density at radius 3 is 2.60 bits per heavy atom. The fourth-order valence-electron chi connectivity index (χ4n) is 3.43. The third-order valence-corrected chi connectivity index (χ3v) is 4.78. The van der Waals surface area contributed by atoms with Gasteiger partial charge in [0, 0.05) is 26.6 Å². The van der Waals surface area contributed by atoms with Crippen LogP contribution in [0.3, 0.4) is 0 Å². The molecule has 2 rings (SSSR count). The molecule has 2 unspecified atom stereocenters. The lowest BCUT2D eigenvalue weighted by Crippen LogP contribution is -2.38. The van der Waals surface area contributed by atoms with Gasteiger partial charge >= 0.3 is 0 Å². The van der Waals surface area contributed by atoms with Crippen LogP contribution in [0.5, 0.6) is 0 Å². The minimum Gasteiger partial charge on any atom is -0.388 e. The molecule has 0 bridgehead atoms. The monoisotopic (exact) mass is 286 g/mol. The van der Waals surface area contributed by atoms with E-state index in [4.69, 9.17) is 9.47 Å². The summed E-state index contributed by atoms with van der Waals surface area (Å²) in [5.41, 5.74) is 1.08. The molecule has 2 aliphatic carbocycles. The molecule has 20 heavy (non-hydrogen) atoms. The van der Waals surface area contributed by atoms with Crippen LogP contribution in [0.2, 0.25) is 0 Å². The lowest BCUT2D eigenvalue weighted by molar-refractivity contribution is -0.224. The third kappa shape index (κ3) is 3.60. The van der Waals surface area contributed by atoms with Crippen LogP contribution in [-0.4, -0.2) is 36.9 Å². The van der Waals surface area contributed by atoms with Gasteiger partial charge in [-0.1, -0.05) is 6.08 Å². The Morgan fingerprint density at radius 1 is 1.40 bits per heavy atom. The molecule has 0 aromatic heterocycles. The zero-order valence-corrected chi connectivity index (χ0v) is 12.6. The van der Waals surface area contributed by atoms with Crippen molar-refractivity contribution in [2.45, 2.75) is 69.9 Å². The first-order chi connectivity index (χ1) is 9.60. The second-order valence-corrected chi connectivity index (χ2v) is 5.99. The van der Waals surface area contributed by atoms with Crippen molar-refractivity contribution in [1.29, 1.82) is 0 Å². The number of methoxy groups -OCH3 is 1. The van der Waals surface area contributed by atoms with Gasteiger partial charge in [-0.05, 0) is 50.5 Å². The van der Waals surface area contributed by atoms with Crippen molar-refractivity contribution in [1.82, 2.24) is 0 Å². The third-order valence-electron chi connectivity index (χ3n) is 4.78. The van der Waals surface area contributed by atoms with Gasteiger partial charge in [0.25, 0.3) is 0 Å². The minimum absolute atomic E-state index is 0.218. The molecule has 1 saturated carbocycles. The number of hydrogen-bond acceptors (Lipinski definition) is 3. The van der Waals surface area contributed by atoms with Crippen molar-refractivity contribution in [2.24, 2.45) is 5.92 Å². The number of hydrogen-bond donors (Lipinski definition) is 1. The van der Waals surface area contributed by atoms with Crippen molar-refractivity contribution < 1.29 is 19.0 Å². The molecule has 1 fully saturated rings. The second-order valence-electron chi connectivity index (χ2n) is 5.99. The smallest absolute Gasteiger partial charge is 0.171 e. The molecule has 2 aliphatic rings. The van der Waals surface area contributed by atoms with Crippen LogP contribution >= 0.6 is 0 Å². The average Bonchev–Trinajstić information content (AvgIpc) is 2.48. The maximum Gasteiger partial charge on any atom is 0.171 e. The normalized spacial score (nSPS) is 36.5. The summed E-state index contributed by atoms with van der Waals surface area (Å²) in [6, 6.07) is 0. The first-order valence-electron chi connectivity index (χ1n) is 7.80. The van der Waals surface area contributed by atoms with Crippen LogP contribution in [-0.2, 0) is 9.47 Å². The summed E-state index contributed by atoms with van der Waals surface area (Å²) < 4.78 is 24.4. The second kappa shape index (κ2) is 7.01. The van der Waals surface area contributed by atoms with E-state index in [2.05, 4.69) is 6.08 Å². The van der Waals surface area contributed by atoms with Crippen LogP contribution in [0.1, 0.15) is 51.9 Å². The van der Waals surface area contributed by atoms with E-state index in [0.29, 0.717) is 25.9 Å². The molecule has 0 aliphatic heterocycles. The molecule has 4 heteroatoms. The fourth-order valence-corrected chi connectivity index (χ4v) is 3.43. The van der Waals surface area contributed by atoms with Crippen molar-refractivity contribution in [2.75, 3.05) is 13.7 Å². The van der Waals surface area contributed by atoms with E-state index < -0.39 is 18.1 Å². The van der Waals surface area contributed by atoms with Gasteiger partial charge in [0.2, 0.25) is 0 Å². The fraction of sp³-hybridized carbons (Fsp3) is 0.875. The minimum atomic E-state index is -0.669. The van der Waals surface area contributed by atoms with Gasteiger partial charge in [0.05, 0.1) is 6.10 Å². The predicted molar refractivity (Wildman–Crippen MR) is 76.2 cm³/mol. The standard InChI is InChI=1S/C16H27FO3/c1-3-20-16(19-2)10-8-13(9-11-16)15(18)12-4-6-14(17)7-5-12/h8,12,14-15,18H,3-7,9-11H2,1-2H3. The van der Waals surface area contributed by atoms with Gasteiger partial charge in [-0.3, -0.25) is 0 Å². The molecule has 0 spiro atoms. The summed E-state index contributed by atoms with van der Waals surface area (Å²) in [7, 11) is 1.67. The Balaban J connectivity index is 1.93. The Morgan fingerprint density at radius 2 is 2.10 bits per heavy atom. The van der Waals surface area contributed by atoms with Gasteiger partial charge in [0.1, 0.15) is 6.17 Å². The van der Waals surface area contributed by atoms with E-state index in [0.717, 1.165) is 31.3 Å². The zero-order chi connectivity index (χ0) is 14.6. The largest absolute Gasteiger partial charge is 0.388 e. The molecule has 0 radical (unpaired) electrons. The SMILES string of the molecule is CCOC1(OC)CC=C(C(O)C2CCC(F)CC2)CC1. The van der Waals surface area contributed by atoms with Crippen molar-refractivity contribution in [3.05, 3.63) is 11.6 Å². The van der Waals surface area contributed by atoms with Crippen LogP contribution in [0.25, 0.3) is 0 Å². The molecule has 1 N–H and O–H groups in total. The number of rotatable bonds is 5. The molecule has 116 valence electrons. The molecule has 0 aromatic rings. The Hall–Kier alpha value is -0.450. The highest BCUT2D eigenvalue weighted by Crippen LogP contribution is 2.37. The van der Waals surface area contributed by atoms with Crippen LogP contribution in [0, 0.1) is 5.92 Å². The van der Waals surface area contributed by atoms with Gasteiger partial charge in [-0.15, -0.1) is 0 Å². The lowest BCUT2D eigenvalue weighted by Gasteiger charge is -2.37. The first kappa shape index (κ1) is 15.9. The highest BCUT2D eigenvalue weighted by molar-refractivity contribution is 5.15. The highest BCUT2D eigenvalue weighted by atomic mass is 19.1. The summed E-state index contributed by atoms with van der Waals surface area (Å²) in [4.78, 5) is 0. The Labute approximate surface area is 121 Å². The molecule has 0 aromatic carbocycles. The number of aliphatic hydroxyl groups is 1. The maximum absolute atomic E-state index is 13.2. The number of halogens is 1. The van der Waals surface area contributed by atoms with Crippen molar-refractivity contribution in [3.63, 3.8) is 0 Å². The van der Waals surface area contributed by atoms with E-state index in [1.165, 1.54) is 0 Å². The molecule has 0 saturated heterocycles. The summed E-state index contributed by atoms with van der Waals surface area (Å²) in [5, 5.41) is 10.5. The van der Waals surface area contributed by atoms with Crippen molar-refractivity contribution >= 4 is 0 Å². The number of ether oxygens (including phenoxy) is 2. The van der Waals surface area contributed by atoms with Gasteiger partial charge < -0.3 is 14.6 Å². The molecular weight excluding hydrogens is 259 g/mol. The van der Waals surface area contributed by atoms with Gasteiger partial charge in [-0.2, -0.15) is 0 Å². The van der Waals surface area contributed by atoms with Gasteiger partial charge in [-0.25, -0.2) is 4.39 Å². The number of alkyl halides is 1. The van der Waals surface area contributed by atoms with Crippen LogP contribution < -0.4 is 0 Å². The Bertz CT molecular complexity index is 337. The highest BCUT2D eigenvalue weighted by Gasteiger charge is 2.36. The van der Waals surface area contributed by atoms with E-state index in [1.54, 1.807) is 7.11 Å². The first-order valence-corrected chi connectivity index (χ1v) is 7.80. The number of aliphatic hydroxyl groups excluding tert-OH is 1. The summed E-state index contributed by atoms with van der Waals surface area (Å²) >= 11 is 0. The van der Waals surface area contributed by atoms with E-state index >= 15 is 0 Å². The lowest BCUT2D eigenvalue weighted by atomic mass is 9.79. The molecular formula is C16H27FO3. The summed E-state index contributed by atoms with van der Waals surface area (Å²) in [6.45, 7) is 2.59. The Kier molecular flexibility index (Phi) is 5.58. The molecule has 3 nitrogen and oxygen atoms in total. The average molecular weight is 286 g/mol. The van der Waals surface area contributed by atoms with E-state index in [-0.39, 0.29) is 5.92 Å². The molecule has 2 atom stereocenters. The van der Waals surface area contributed by atoms with Crippen molar-refractivity contribution in [3.8, 4) is 0 Å². The van der Waals surface area contributed by atoms with E-state index in [9.17, 15) is 9.50 Å². The summed E-state index contributed by atoms with van der Waals surface area (Å²) in [6.07, 6.45) is 6.00. The zero-order valence-electron chi connectivity index (χ0n) is 12.6.